The molecule has 0 unspecified atom stereocenters. The highest BCUT2D eigenvalue weighted by atomic mass is 35.5. The van der Waals surface area contributed by atoms with Crippen LogP contribution in [0.2, 0.25) is 10.0 Å². The Morgan fingerprint density at radius 2 is 1.84 bits per heavy atom. The molecule has 32 heavy (non-hydrogen) atoms. The van der Waals surface area contributed by atoms with Crippen molar-refractivity contribution in [1.29, 1.82) is 0 Å². The minimum absolute atomic E-state index is 0.123. The van der Waals surface area contributed by atoms with E-state index in [0.717, 1.165) is 5.56 Å². The molecule has 0 saturated carbocycles. The highest BCUT2D eigenvalue weighted by Crippen LogP contribution is 2.25. The number of aryl methyl sites for hydroxylation is 1. The number of rotatable bonds is 8. The van der Waals surface area contributed by atoms with E-state index in [9.17, 15) is 19.1 Å². The number of amides is 1. The first-order valence-corrected chi connectivity index (χ1v) is 10.5. The van der Waals surface area contributed by atoms with E-state index in [1.165, 1.54) is 17.7 Å². The summed E-state index contributed by atoms with van der Waals surface area (Å²) in [6.07, 6.45) is 1.29. The van der Waals surface area contributed by atoms with E-state index in [1.54, 1.807) is 36.4 Å². The third-order valence-electron chi connectivity index (χ3n) is 4.93. The molecule has 0 fully saturated rings. The van der Waals surface area contributed by atoms with Crippen LogP contribution in [0.1, 0.15) is 22.3 Å². The molecule has 2 N–H and O–H groups in total. The predicted molar refractivity (Wildman–Crippen MR) is 123 cm³/mol. The molecular formula is C23H21Cl2FN2O4. The molecule has 1 aromatic heterocycles. The molecule has 3 aromatic rings. The van der Waals surface area contributed by atoms with Gasteiger partial charge in [-0.15, -0.1) is 0 Å². The Labute approximate surface area is 194 Å². The number of pyridine rings is 1. The van der Waals surface area contributed by atoms with Crippen LogP contribution in [-0.2, 0) is 13.5 Å². The number of aromatic nitrogens is 1. The highest BCUT2D eigenvalue weighted by molar-refractivity contribution is 6.42. The number of carbonyl (C=O) groups is 1. The van der Waals surface area contributed by atoms with E-state index in [-0.39, 0.29) is 5.56 Å². The Hall–Kier alpha value is -3.03. The van der Waals surface area contributed by atoms with Gasteiger partial charge in [0.25, 0.3) is 11.5 Å². The molecule has 1 heterocycles. The van der Waals surface area contributed by atoms with Crippen LogP contribution in [0, 0.1) is 0 Å². The van der Waals surface area contributed by atoms with Gasteiger partial charge in [-0.2, -0.15) is 0 Å². The maximum atomic E-state index is 12.6. The lowest BCUT2D eigenvalue weighted by Gasteiger charge is -2.13. The molecule has 3 rings (SSSR count). The van der Waals surface area contributed by atoms with Crippen molar-refractivity contribution in [3.8, 4) is 22.8 Å². The average molecular weight is 479 g/mol. The molecule has 168 valence electrons. The molecule has 0 aliphatic heterocycles. The summed E-state index contributed by atoms with van der Waals surface area (Å²) in [5, 5.41) is 13.9. The Kier molecular flexibility index (Phi) is 7.77. The molecule has 0 bridgehead atoms. The van der Waals surface area contributed by atoms with Crippen molar-refractivity contribution in [2.75, 3.05) is 13.4 Å². The second kappa shape index (κ2) is 10.5. The lowest BCUT2D eigenvalue weighted by Crippen LogP contribution is -2.28. The summed E-state index contributed by atoms with van der Waals surface area (Å²) in [6.45, 7) is -0.620. The smallest absolute Gasteiger partial charge is 0.293 e. The largest absolute Gasteiger partial charge is 0.502 e. The number of aromatic hydroxyl groups is 1. The zero-order chi connectivity index (χ0) is 23.3. The van der Waals surface area contributed by atoms with Gasteiger partial charge < -0.3 is 19.7 Å². The van der Waals surface area contributed by atoms with Crippen LogP contribution in [0.4, 0.5) is 4.39 Å². The van der Waals surface area contributed by atoms with Crippen molar-refractivity contribution in [3.63, 3.8) is 0 Å². The van der Waals surface area contributed by atoms with Crippen LogP contribution in [0.3, 0.4) is 0 Å². The van der Waals surface area contributed by atoms with Crippen LogP contribution in [0.15, 0.2) is 53.3 Å². The summed E-state index contributed by atoms with van der Waals surface area (Å²) in [6, 6.07) is 13.2. The molecular weight excluding hydrogens is 458 g/mol. The van der Waals surface area contributed by atoms with Crippen LogP contribution >= 0.6 is 23.2 Å². The van der Waals surface area contributed by atoms with Gasteiger partial charge in [-0.25, -0.2) is 4.39 Å². The quantitative estimate of drug-likeness (QED) is 0.458. The minimum atomic E-state index is -0.952. The molecule has 0 saturated heterocycles. The second-order valence-electron chi connectivity index (χ2n) is 7.04. The summed E-state index contributed by atoms with van der Waals surface area (Å²) in [4.78, 5) is 25.1. The van der Waals surface area contributed by atoms with Crippen LogP contribution in [0.5, 0.6) is 11.5 Å². The fraction of sp³-hybridized carbons (Fsp3) is 0.217. The number of hydrogen-bond donors (Lipinski definition) is 2. The number of hydrogen-bond acceptors (Lipinski definition) is 4. The summed E-state index contributed by atoms with van der Waals surface area (Å²) in [7, 11) is 1.49. The van der Waals surface area contributed by atoms with Crippen molar-refractivity contribution in [2.45, 2.75) is 12.8 Å². The van der Waals surface area contributed by atoms with Gasteiger partial charge in [0.1, 0.15) is 5.75 Å². The maximum absolute atomic E-state index is 12.6. The van der Waals surface area contributed by atoms with Crippen molar-refractivity contribution >= 4 is 29.1 Å². The monoisotopic (exact) mass is 478 g/mol. The predicted octanol–water partition coefficient (Wildman–Crippen LogP) is 4.73. The number of ether oxygens (including phenoxy) is 1. The molecule has 0 aliphatic rings. The van der Waals surface area contributed by atoms with Crippen molar-refractivity contribution < 1.29 is 19.0 Å². The lowest BCUT2D eigenvalue weighted by atomic mass is 10.1. The highest BCUT2D eigenvalue weighted by Gasteiger charge is 2.18. The normalized spacial score (nSPS) is 10.8. The van der Waals surface area contributed by atoms with Crippen molar-refractivity contribution in [1.82, 2.24) is 9.88 Å². The summed E-state index contributed by atoms with van der Waals surface area (Å²) in [5.74, 6) is -0.858. The van der Waals surface area contributed by atoms with E-state index in [2.05, 4.69) is 5.32 Å². The number of benzene rings is 2. The fourth-order valence-corrected chi connectivity index (χ4v) is 3.53. The second-order valence-corrected chi connectivity index (χ2v) is 7.86. The Bertz CT molecular complexity index is 1180. The van der Waals surface area contributed by atoms with E-state index in [0.29, 0.717) is 46.4 Å². The third kappa shape index (κ3) is 5.41. The summed E-state index contributed by atoms with van der Waals surface area (Å²) >= 11 is 11.9. The zero-order valence-electron chi connectivity index (χ0n) is 17.2. The summed E-state index contributed by atoms with van der Waals surface area (Å²) in [5.41, 5.74) is 1.17. The minimum Gasteiger partial charge on any atom is -0.502 e. The van der Waals surface area contributed by atoms with Crippen LogP contribution in [0.25, 0.3) is 11.3 Å². The number of carbonyl (C=O) groups excluding carboxylic acids is 1. The third-order valence-corrected chi connectivity index (χ3v) is 5.67. The Balaban J connectivity index is 1.72. The molecule has 0 aliphatic carbocycles. The molecule has 0 spiro atoms. The van der Waals surface area contributed by atoms with E-state index >= 15 is 0 Å². The van der Waals surface area contributed by atoms with Gasteiger partial charge in [0.15, 0.2) is 5.75 Å². The molecule has 9 heteroatoms. The van der Waals surface area contributed by atoms with E-state index < -0.39 is 24.1 Å². The number of halogens is 3. The first-order chi connectivity index (χ1) is 15.3. The van der Waals surface area contributed by atoms with Crippen LogP contribution in [-0.4, -0.2) is 29.0 Å². The van der Waals surface area contributed by atoms with Crippen molar-refractivity contribution in [3.05, 3.63) is 80.1 Å². The fourth-order valence-electron chi connectivity index (χ4n) is 3.21. The standard InChI is InChI=1S/C23H21Cl2FN2O4/c1-28-20(15-5-7-16(8-6-15)32-13-26)12-17(21(29)23(28)31)22(30)27-10-2-3-14-4-9-18(24)19(25)11-14/h4-9,11-12,29H,2-3,10,13H2,1H3,(H,27,30). The van der Waals surface area contributed by atoms with Crippen molar-refractivity contribution in [2.24, 2.45) is 7.05 Å². The Morgan fingerprint density at radius 1 is 1.12 bits per heavy atom. The Morgan fingerprint density at radius 3 is 2.50 bits per heavy atom. The van der Waals surface area contributed by atoms with Gasteiger partial charge in [-0.05, 0) is 66.4 Å². The van der Waals surface area contributed by atoms with Gasteiger partial charge >= 0.3 is 0 Å². The van der Waals surface area contributed by atoms with E-state index in [1.807, 2.05) is 6.07 Å². The lowest BCUT2D eigenvalue weighted by molar-refractivity contribution is 0.0950. The van der Waals surface area contributed by atoms with E-state index in [4.69, 9.17) is 27.9 Å². The maximum Gasteiger partial charge on any atom is 0.293 e. The molecule has 0 atom stereocenters. The zero-order valence-corrected chi connectivity index (χ0v) is 18.7. The molecule has 1 amide bonds. The van der Waals surface area contributed by atoms with Gasteiger partial charge in [0.2, 0.25) is 6.86 Å². The molecule has 0 radical (unpaired) electrons. The number of nitrogens with zero attached hydrogens (tertiary/aromatic N) is 1. The summed E-state index contributed by atoms with van der Waals surface area (Å²) < 4.78 is 18.3. The molecule has 6 nitrogen and oxygen atoms in total. The SMILES string of the molecule is Cn1c(-c2ccc(OCF)cc2)cc(C(=O)NCCCc2ccc(Cl)c(Cl)c2)c(O)c1=O. The van der Waals surface area contributed by atoms with Crippen LogP contribution < -0.4 is 15.6 Å². The van der Waals surface area contributed by atoms with Gasteiger partial charge in [0, 0.05) is 13.6 Å². The van der Waals surface area contributed by atoms with Gasteiger partial charge in [-0.1, -0.05) is 29.3 Å². The first-order valence-electron chi connectivity index (χ1n) is 9.76. The number of nitrogens with one attached hydrogen (secondary N) is 1. The first kappa shape index (κ1) is 23.6. The number of alkyl halides is 1. The average Bonchev–Trinajstić information content (AvgIpc) is 2.78. The topological polar surface area (TPSA) is 80.6 Å². The molecule has 2 aromatic carbocycles. The van der Waals surface area contributed by atoms with Gasteiger partial charge in [0.05, 0.1) is 21.3 Å². The van der Waals surface area contributed by atoms with Gasteiger partial charge in [-0.3, -0.25) is 9.59 Å².